The van der Waals surface area contributed by atoms with Gasteiger partial charge in [-0.3, -0.25) is 4.79 Å². The molecule has 1 aliphatic heterocycles. The fourth-order valence-electron chi connectivity index (χ4n) is 3.24. The van der Waals surface area contributed by atoms with Crippen LogP contribution in [-0.4, -0.2) is 29.1 Å². The van der Waals surface area contributed by atoms with Crippen LogP contribution in [0, 0.1) is 0 Å². The van der Waals surface area contributed by atoms with Crippen molar-refractivity contribution in [1.82, 2.24) is 15.5 Å². The van der Waals surface area contributed by atoms with Gasteiger partial charge in [-0.05, 0) is 37.3 Å². The highest BCUT2D eigenvalue weighted by Gasteiger charge is 2.28. The molecule has 25 heavy (non-hydrogen) atoms. The van der Waals surface area contributed by atoms with E-state index in [1.807, 2.05) is 18.3 Å². The van der Waals surface area contributed by atoms with Crippen molar-refractivity contribution in [1.29, 1.82) is 0 Å². The molecule has 1 amide bonds. The molecule has 6 nitrogen and oxygen atoms in total. The first-order chi connectivity index (χ1) is 12.3. The van der Waals surface area contributed by atoms with Gasteiger partial charge in [-0.2, -0.15) is 0 Å². The maximum atomic E-state index is 12.2. The molecule has 3 heterocycles. The second kappa shape index (κ2) is 7.25. The Labute approximate surface area is 147 Å². The predicted octanol–water partition coefficient (Wildman–Crippen LogP) is 3.26. The molecule has 6 heteroatoms. The Kier molecular flexibility index (Phi) is 4.68. The highest BCUT2D eigenvalue weighted by molar-refractivity contribution is 5.92. The van der Waals surface area contributed by atoms with Crippen LogP contribution in [0.4, 0.5) is 5.82 Å². The SMILES string of the molecule is O=C(NCc1ccc(N2CCCCCC2)nc1)c1cc(C2CC2)on1. The summed E-state index contributed by atoms with van der Waals surface area (Å²) in [6.45, 7) is 2.61. The molecule has 2 aliphatic rings. The van der Waals surface area contributed by atoms with Gasteiger partial charge in [0.25, 0.3) is 5.91 Å². The molecule has 2 aromatic heterocycles. The zero-order valence-corrected chi connectivity index (χ0v) is 14.4. The maximum Gasteiger partial charge on any atom is 0.273 e. The van der Waals surface area contributed by atoms with Crippen molar-refractivity contribution < 1.29 is 9.32 Å². The molecule has 1 saturated carbocycles. The molecule has 4 rings (SSSR count). The number of carbonyl (C=O) groups is 1. The molecule has 0 atom stereocenters. The third-order valence-electron chi connectivity index (χ3n) is 4.93. The zero-order chi connectivity index (χ0) is 17.1. The van der Waals surface area contributed by atoms with Gasteiger partial charge in [0.15, 0.2) is 5.69 Å². The van der Waals surface area contributed by atoms with Crippen molar-refractivity contribution in [3.63, 3.8) is 0 Å². The minimum absolute atomic E-state index is 0.202. The minimum Gasteiger partial charge on any atom is -0.360 e. The molecule has 2 aromatic rings. The Bertz CT molecular complexity index is 713. The van der Waals surface area contributed by atoms with E-state index in [4.69, 9.17) is 4.52 Å². The van der Waals surface area contributed by atoms with Crippen LogP contribution in [-0.2, 0) is 6.54 Å². The number of rotatable bonds is 5. The van der Waals surface area contributed by atoms with E-state index in [1.54, 1.807) is 6.07 Å². The molecule has 0 aromatic carbocycles. The van der Waals surface area contributed by atoms with Crippen molar-refractivity contribution in [3.8, 4) is 0 Å². The Morgan fingerprint density at radius 1 is 1.20 bits per heavy atom. The summed E-state index contributed by atoms with van der Waals surface area (Å²) in [6, 6.07) is 5.84. The number of nitrogens with zero attached hydrogens (tertiary/aromatic N) is 3. The fourth-order valence-corrected chi connectivity index (χ4v) is 3.24. The summed E-state index contributed by atoms with van der Waals surface area (Å²) in [5.41, 5.74) is 1.34. The van der Waals surface area contributed by atoms with Crippen LogP contribution in [0.5, 0.6) is 0 Å². The molecule has 0 radical (unpaired) electrons. The van der Waals surface area contributed by atoms with Crippen LogP contribution < -0.4 is 10.2 Å². The summed E-state index contributed by atoms with van der Waals surface area (Å²) >= 11 is 0. The Hall–Kier alpha value is -2.37. The fraction of sp³-hybridized carbons (Fsp3) is 0.526. The summed E-state index contributed by atoms with van der Waals surface area (Å²) in [7, 11) is 0. The summed E-state index contributed by atoms with van der Waals surface area (Å²) < 4.78 is 5.23. The van der Waals surface area contributed by atoms with Crippen LogP contribution in [0.25, 0.3) is 0 Å². The lowest BCUT2D eigenvalue weighted by Gasteiger charge is -2.21. The summed E-state index contributed by atoms with van der Waals surface area (Å²) in [6.07, 6.45) is 9.20. The van der Waals surface area contributed by atoms with Crippen LogP contribution in [0.15, 0.2) is 28.9 Å². The molecule has 1 saturated heterocycles. The van der Waals surface area contributed by atoms with Gasteiger partial charge < -0.3 is 14.7 Å². The van der Waals surface area contributed by atoms with E-state index in [1.165, 1.54) is 25.7 Å². The van der Waals surface area contributed by atoms with E-state index >= 15 is 0 Å². The van der Waals surface area contributed by atoms with Gasteiger partial charge in [-0.15, -0.1) is 0 Å². The lowest BCUT2D eigenvalue weighted by atomic mass is 10.2. The number of carbonyl (C=O) groups excluding carboxylic acids is 1. The third kappa shape index (κ3) is 4.00. The van der Waals surface area contributed by atoms with Gasteiger partial charge in [-0.1, -0.05) is 24.1 Å². The number of anilines is 1. The monoisotopic (exact) mass is 340 g/mol. The first-order valence-electron chi connectivity index (χ1n) is 9.24. The van der Waals surface area contributed by atoms with Crippen LogP contribution in [0.1, 0.15) is 66.3 Å². The molecule has 132 valence electrons. The lowest BCUT2D eigenvalue weighted by molar-refractivity contribution is 0.0941. The number of hydrogen-bond donors (Lipinski definition) is 1. The average Bonchev–Trinajstić information content (AvgIpc) is 3.43. The van der Waals surface area contributed by atoms with Crippen molar-refractivity contribution in [2.45, 2.75) is 51.0 Å². The van der Waals surface area contributed by atoms with E-state index in [0.717, 1.165) is 43.1 Å². The highest BCUT2D eigenvalue weighted by Crippen LogP contribution is 2.40. The van der Waals surface area contributed by atoms with Crippen LogP contribution >= 0.6 is 0 Å². The van der Waals surface area contributed by atoms with E-state index in [-0.39, 0.29) is 5.91 Å². The molecule has 0 unspecified atom stereocenters. The van der Waals surface area contributed by atoms with Gasteiger partial charge in [0.1, 0.15) is 11.6 Å². The number of aromatic nitrogens is 2. The molecule has 1 N–H and O–H groups in total. The van der Waals surface area contributed by atoms with Gasteiger partial charge in [0.05, 0.1) is 0 Å². The zero-order valence-electron chi connectivity index (χ0n) is 14.4. The van der Waals surface area contributed by atoms with Gasteiger partial charge >= 0.3 is 0 Å². The molecular weight excluding hydrogens is 316 g/mol. The topological polar surface area (TPSA) is 71.3 Å². The van der Waals surface area contributed by atoms with Crippen molar-refractivity contribution in [2.24, 2.45) is 0 Å². The van der Waals surface area contributed by atoms with E-state index in [9.17, 15) is 4.79 Å². The molecule has 0 bridgehead atoms. The van der Waals surface area contributed by atoms with Gasteiger partial charge in [0.2, 0.25) is 0 Å². The van der Waals surface area contributed by atoms with E-state index in [2.05, 4.69) is 20.4 Å². The Morgan fingerprint density at radius 2 is 2.00 bits per heavy atom. The molecule has 0 spiro atoms. The summed E-state index contributed by atoms with van der Waals surface area (Å²) in [4.78, 5) is 19.1. The smallest absolute Gasteiger partial charge is 0.273 e. The first-order valence-corrected chi connectivity index (χ1v) is 9.24. The maximum absolute atomic E-state index is 12.2. The van der Waals surface area contributed by atoms with Crippen molar-refractivity contribution in [3.05, 3.63) is 41.4 Å². The van der Waals surface area contributed by atoms with Crippen LogP contribution in [0.3, 0.4) is 0 Å². The minimum atomic E-state index is -0.202. The van der Waals surface area contributed by atoms with Crippen LogP contribution in [0.2, 0.25) is 0 Å². The third-order valence-corrected chi connectivity index (χ3v) is 4.93. The number of amides is 1. The van der Waals surface area contributed by atoms with Gasteiger partial charge in [0, 0.05) is 37.8 Å². The number of hydrogen-bond acceptors (Lipinski definition) is 5. The second-order valence-corrected chi connectivity index (χ2v) is 7.00. The molecule has 1 aliphatic carbocycles. The molecule has 2 fully saturated rings. The normalized spacial score (nSPS) is 18.0. The number of pyridine rings is 1. The van der Waals surface area contributed by atoms with Crippen molar-refractivity contribution >= 4 is 11.7 Å². The molecular formula is C19H24N4O2. The Balaban J connectivity index is 1.32. The van der Waals surface area contributed by atoms with Crippen molar-refractivity contribution in [2.75, 3.05) is 18.0 Å². The first kappa shape index (κ1) is 16.1. The van der Waals surface area contributed by atoms with Gasteiger partial charge in [-0.25, -0.2) is 4.98 Å². The lowest BCUT2D eigenvalue weighted by Crippen LogP contribution is -2.25. The average molecular weight is 340 g/mol. The van der Waals surface area contributed by atoms with E-state index < -0.39 is 0 Å². The predicted molar refractivity (Wildman–Crippen MR) is 94.6 cm³/mol. The highest BCUT2D eigenvalue weighted by atomic mass is 16.5. The summed E-state index contributed by atoms with van der Waals surface area (Å²) in [5, 5.41) is 6.75. The summed E-state index contributed by atoms with van der Waals surface area (Å²) in [5.74, 6) is 2.12. The largest absolute Gasteiger partial charge is 0.360 e. The second-order valence-electron chi connectivity index (χ2n) is 7.00. The number of nitrogens with one attached hydrogen (secondary N) is 1. The standard InChI is InChI=1S/C19H24N4O2/c24-19(16-11-17(25-22-16)15-6-7-15)21-13-14-5-8-18(20-12-14)23-9-3-1-2-4-10-23/h5,8,11-12,15H,1-4,6-7,9-10,13H2,(H,21,24). The van der Waals surface area contributed by atoms with E-state index in [0.29, 0.717) is 18.2 Å². The Morgan fingerprint density at radius 3 is 2.68 bits per heavy atom. The quantitative estimate of drug-likeness (QED) is 0.904.